The summed E-state index contributed by atoms with van der Waals surface area (Å²) in [4.78, 5) is 0. The molecule has 0 atom stereocenters. The van der Waals surface area contributed by atoms with Crippen LogP contribution in [0.5, 0.6) is 0 Å². The standard InChI is InChI=1S/2BrH.O.2Zn/h2*1H;;;/q;;;;+2/p-2. The Kier molecular flexibility index (Phi) is 33.6. The topological polar surface area (TPSA) is 17.1 Å². The van der Waals surface area contributed by atoms with Gasteiger partial charge in [0.15, 0.2) is 0 Å². The Hall–Kier alpha value is 2.01. The van der Waals surface area contributed by atoms with Gasteiger partial charge in [-0.15, -0.1) is 0 Å². The quantitative estimate of drug-likeness (QED) is 0.621. The van der Waals surface area contributed by atoms with Gasteiger partial charge in [0.25, 0.3) is 0 Å². The molecule has 5 heavy (non-hydrogen) atoms. The Labute approximate surface area is 61.5 Å². The van der Waals surface area contributed by atoms with Crippen LogP contribution in [0.4, 0.5) is 0 Å². The van der Waals surface area contributed by atoms with Crippen LogP contribution in [0.2, 0.25) is 0 Å². The molecule has 0 amide bonds. The van der Waals surface area contributed by atoms with Crippen molar-refractivity contribution in [1.82, 2.24) is 0 Å². The predicted octanol–water partition coefficient (Wildman–Crippen LogP) is 1.57. The van der Waals surface area contributed by atoms with Crippen molar-refractivity contribution in [2.24, 2.45) is 0 Å². The summed E-state index contributed by atoms with van der Waals surface area (Å²) in [6, 6.07) is 0. The third-order valence-corrected chi connectivity index (χ3v) is 0. The van der Waals surface area contributed by atoms with Gasteiger partial charge in [0.1, 0.15) is 0 Å². The number of halogens is 2. The molecule has 0 saturated carbocycles. The van der Waals surface area contributed by atoms with E-state index in [0.29, 0.717) is 0 Å². The van der Waals surface area contributed by atoms with E-state index in [0.717, 1.165) is 0 Å². The summed E-state index contributed by atoms with van der Waals surface area (Å²) in [5, 5.41) is 0. The van der Waals surface area contributed by atoms with Gasteiger partial charge in [0.2, 0.25) is 0 Å². The molecule has 5 heteroatoms. The number of rotatable bonds is 0. The molecule has 0 aliphatic rings. The van der Waals surface area contributed by atoms with Crippen LogP contribution < -0.4 is 0 Å². The van der Waals surface area contributed by atoms with Gasteiger partial charge in [0, 0.05) is 0 Å². The minimum atomic E-state index is -0.250. The van der Waals surface area contributed by atoms with E-state index < -0.39 is 0 Å². The normalized spacial score (nSPS) is 3.20. The molecular weight excluding hydrogens is 307 g/mol. The van der Waals surface area contributed by atoms with Crippen molar-refractivity contribution in [2.45, 2.75) is 0 Å². The summed E-state index contributed by atoms with van der Waals surface area (Å²) in [6.45, 7) is 0. The van der Waals surface area contributed by atoms with E-state index >= 15 is 0 Å². The van der Waals surface area contributed by atoms with E-state index in [1.165, 1.54) is 0 Å². The van der Waals surface area contributed by atoms with E-state index in [1.54, 1.807) is 0 Å². The average molecular weight is 307 g/mol. The molecule has 0 fully saturated rings. The van der Waals surface area contributed by atoms with Crippen LogP contribution in [0.3, 0.4) is 0 Å². The van der Waals surface area contributed by atoms with Crippen LogP contribution in [0, 0.1) is 0 Å². The van der Waals surface area contributed by atoms with E-state index in [2.05, 4.69) is 27.2 Å². The summed E-state index contributed by atoms with van der Waals surface area (Å²) in [5.74, 6) is 0. The van der Waals surface area contributed by atoms with Crippen molar-refractivity contribution in [3.8, 4) is 0 Å². The molecule has 1 nitrogen and oxygen atoms in total. The van der Waals surface area contributed by atoms with Crippen LogP contribution in [0.1, 0.15) is 0 Å². The Morgan fingerprint density at radius 3 is 1.40 bits per heavy atom. The molecule has 0 unspecified atom stereocenters. The first-order valence-corrected chi connectivity index (χ1v) is 15.9. The maximum atomic E-state index is 8.38. The molecule has 0 rings (SSSR count). The SMILES string of the molecule is [Br][Zn][Br].[O]=[Zn]. The van der Waals surface area contributed by atoms with Gasteiger partial charge in [-0.3, -0.25) is 0 Å². The number of hydrogen-bond donors (Lipinski definition) is 0. The molecule has 0 aliphatic heterocycles. The van der Waals surface area contributed by atoms with Gasteiger partial charge < -0.3 is 0 Å². The summed E-state index contributed by atoms with van der Waals surface area (Å²) in [7, 11) is 0. The van der Waals surface area contributed by atoms with Crippen LogP contribution in [-0.2, 0) is 35.0 Å². The van der Waals surface area contributed by atoms with Gasteiger partial charge in [-0.2, -0.15) is 0 Å². The summed E-state index contributed by atoms with van der Waals surface area (Å²) in [6.07, 6.45) is 0. The Morgan fingerprint density at radius 1 is 1.40 bits per heavy atom. The summed E-state index contributed by atoms with van der Waals surface area (Å²) < 4.78 is 8.38. The molecule has 24 valence electrons. The van der Waals surface area contributed by atoms with Crippen LogP contribution >= 0.6 is 27.2 Å². The molecule has 0 bridgehead atoms. The molecule has 0 aromatic heterocycles. The second-order valence-electron chi connectivity index (χ2n) is 0.101. The fourth-order valence-corrected chi connectivity index (χ4v) is 0. The van der Waals surface area contributed by atoms with Crippen molar-refractivity contribution in [3.05, 3.63) is 0 Å². The van der Waals surface area contributed by atoms with Crippen molar-refractivity contribution >= 4 is 27.2 Å². The molecular formula is Br2OZn2. The summed E-state index contributed by atoms with van der Waals surface area (Å²) in [5.41, 5.74) is 0. The van der Waals surface area contributed by atoms with Gasteiger partial charge in [0.05, 0.1) is 0 Å². The second-order valence-corrected chi connectivity index (χ2v) is 14.2. The maximum absolute atomic E-state index is 8.38. The first kappa shape index (κ1) is 10.1. The Bertz CT molecular complexity index is 11.6. The third-order valence-electron chi connectivity index (χ3n) is 0. The van der Waals surface area contributed by atoms with Crippen LogP contribution in [0.15, 0.2) is 0 Å². The third kappa shape index (κ3) is 23.9. The first-order chi connectivity index (χ1) is 2.41. The zero-order valence-electron chi connectivity index (χ0n) is 2.58. The molecule has 0 saturated heterocycles. The van der Waals surface area contributed by atoms with E-state index in [4.69, 9.17) is 3.57 Å². The second kappa shape index (κ2) is 16.7. The first-order valence-electron chi connectivity index (χ1n) is 0.823. The predicted molar refractivity (Wildman–Crippen MR) is 18.5 cm³/mol. The van der Waals surface area contributed by atoms with Crippen molar-refractivity contribution < 1.29 is 35.0 Å². The molecule has 0 N–H and O–H groups in total. The molecule has 0 aliphatic carbocycles. The monoisotopic (exact) mass is 302 g/mol. The average Bonchev–Trinajstić information content (AvgIpc) is 1.46. The minimum absolute atomic E-state index is 0.125. The molecule has 0 spiro atoms. The zero-order valence-corrected chi connectivity index (χ0v) is 11.7. The van der Waals surface area contributed by atoms with E-state index in [9.17, 15) is 0 Å². The molecule has 0 aromatic rings. The van der Waals surface area contributed by atoms with Crippen molar-refractivity contribution in [2.75, 3.05) is 0 Å². The molecule has 0 heterocycles. The van der Waals surface area contributed by atoms with Crippen LogP contribution in [-0.4, -0.2) is 0 Å². The zero-order chi connectivity index (χ0) is 4.71. The van der Waals surface area contributed by atoms with Crippen LogP contribution in [0.25, 0.3) is 0 Å². The van der Waals surface area contributed by atoms with E-state index in [-0.39, 0.29) is 31.5 Å². The van der Waals surface area contributed by atoms with Gasteiger partial charge >= 0.3 is 62.3 Å². The molecule has 0 aromatic carbocycles. The fraction of sp³-hybridized carbons (Fsp3) is 0. The summed E-state index contributed by atoms with van der Waals surface area (Å²) >= 11 is 6.38. The van der Waals surface area contributed by atoms with Crippen molar-refractivity contribution in [3.63, 3.8) is 0 Å². The number of hydrogen-bond acceptors (Lipinski definition) is 1. The fourth-order valence-electron chi connectivity index (χ4n) is 0. The van der Waals surface area contributed by atoms with Gasteiger partial charge in [-0.25, -0.2) is 0 Å². The van der Waals surface area contributed by atoms with Crippen molar-refractivity contribution in [1.29, 1.82) is 0 Å². The van der Waals surface area contributed by atoms with E-state index in [1.807, 2.05) is 0 Å². The van der Waals surface area contributed by atoms with Gasteiger partial charge in [-0.05, 0) is 0 Å². The molecule has 0 radical (unpaired) electrons. The van der Waals surface area contributed by atoms with Gasteiger partial charge in [-0.1, -0.05) is 0 Å². The Balaban J connectivity index is 0. The Morgan fingerprint density at radius 2 is 1.40 bits per heavy atom.